The molecule has 210 valence electrons. The van der Waals surface area contributed by atoms with Gasteiger partial charge in [-0.1, -0.05) is 90.9 Å². The number of nitrogens with zero attached hydrogens (tertiary/aromatic N) is 3. The summed E-state index contributed by atoms with van der Waals surface area (Å²) in [4.78, 5) is 10.2. The Morgan fingerprint density at radius 3 is 2.20 bits per heavy atom. The number of benzene rings is 6. The lowest BCUT2D eigenvalue weighted by Gasteiger charge is -2.11. The van der Waals surface area contributed by atoms with Gasteiger partial charge in [0.15, 0.2) is 5.82 Å². The molecule has 0 saturated carbocycles. The Balaban J connectivity index is 1.27. The van der Waals surface area contributed by atoms with E-state index in [0.29, 0.717) is 21.7 Å². The van der Waals surface area contributed by atoms with Gasteiger partial charge in [0.1, 0.15) is 11.2 Å². The largest absolute Gasteiger partial charge is 0.456 e. The first-order valence-electron chi connectivity index (χ1n) is 17.9. The van der Waals surface area contributed by atoms with Crippen LogP contribution in [-0.4, -0.2) is 14.5 Å². The van der Waals surface area contributed by atoms with Crippen molar-refractivity contribution < 1.29 is 14.0 Å². The minimum Gasteiger partial charge on any atom is -0.456 e. The van der Waals surface area contributed by atoms with E-state index in [0.717, 1.165) is 43.1 Å². The van der Waals surface area contributed by atoms with E-state index in [4.69, 9.17) is 21.2 Å². The summed E-state index contributed by atoms with van der Waals surface area (Å²) in [5, 5.41) is 3.15. The van der Waals surface area contributed by atoms with Gasteiger partial charge in [-0.3, -0.25) is 0 Å². The maximum Gasteiger partial charge on any atom is 0.160 e. The van der Waals surface area contributed by atoms with Gasteiger partial charge in [0.2, 0.25) is 0 Å². The number of hydrogen-bond acceptors (Lipinski definition) is 4. The van der Waals surface area contributed by atoms with Gasteiger partial charge < -0.3 is 8.98 Å². The van der Waals surface area contributed by atoms with Gasteiger partial charge in [-0.05, 0) is 48.5 Å². The second-order valence-electron chi connectivity index (χ2n) is 10.9. The van der Waals surface area contributed by atoms with Crippen molar-refractivity contribution in [2.75, 3.05) is 0 Å². The molecular weight excluding hydrogens is 571 g/mol. The predicted octanol–water partition coefficient (Wildman–Crippen LogP) is 11.2. The molecule has 0 bridgehead atoms. The zero-order valence-electron chi connectivity index (χ0n) is 30.4. The van der Waals surface area contributed by atoms with E-state index >= 15 is 0 Å². The molecule has 6 aromatic carbocycles. The predicted molar refractivity (Wildman–Crippen MR) is 187 cm³/mol. The molecule has 0 radical (unpaired) electrons. The van der Waals surface area contributed by atoms with Gasteiger partial charge in [0.05, 0.1) is 36.5 Å². The fraction of sp³-hybridized carbons (Fsp3) is 0. The third-order valence-corrected chi connectivity index (χ3v) is 9.45. The summed E-state index contributed by atoms with van der Waals surface area (Å²) < 4.78 is 70.9. The molecule has 5 heteroatoms. The molecule has 0 saturated heterocycles. The lowest BCUT2D eigenvalue weighted by Crippen LogP contribution is -1.97. The summed E-state index contributed by atoms with van der Waals surface area (Å²) in [6, 6.07) is 29.8. The lowest BCUT2D eigenvalue weighted by atomic mass is 10.1. The minimum atomic E-state index is -0.475. The Kier molecular flexibility index (Phi) is 3.91. The number of furan rings is 1. The van der Waals surface area contributed by atoms with Crippen LogP contribution in [0.5, 0.6) is 0 Å². The van der Waals surface area contributed by atoms with E-state index in [1.165, 1.54) is 11.3 Å². The molecule has 0 aliphatic carbocycles. The van der Waals surface area contributed by atoms with Crippen LogP contribution in [0.15, 0.2) is 144 Å². The molecule has 0 unspecified atom stereocenters. The Bertz CT molecular complexity index is 3130. The van der Waals surface area contributed by atoms with E-state index < -0.39 is 18.1 Å². The molecule has 4 nitrogen and oxygen atoms in total. The second-order valence-corrected chi connectivity index (χ2v) is 11.9. The molecule has 10 rings (SSSR count). The van der Waals surface area contributed by atoms with Crippen LogP contribution in [0.2, 0.25) is 0 Å². The number of thiophene rings is 1. The summed E-state index contributed by atoms with van der Waals surface area (Å²) >= 11 is 1.44. The van der Waals surface area contributed by atoms with Gasteiger partial charge in [-0.25, -0.2) is 9.97 Å². The van der Waals surface area contributed by atoms with Gasteiger partial charge >= 0.3 is 0 Å². The SMILES string of the molecule is [2H]c1c([2H])c([2H])c2c(oc3c([2H])c(-c4nc(-c5cccc(-n6c7ccccc7c7ccccc76)c5)nc5c4sc4ccccc45)c([2H])c([2H])c32)c1[2H]. The molecule has 0 N–H and O–H groups in total. The van der Waals surface area contributed by atoms with Crippen molar-refractivity contribution in [3.05, 3.63) is 139 Å². The van der Waals surface area contributed by atoms with Crippen molar-refractivity contribution in [2.24, 2.45) is 0 Å². The Morgan fingerprint density at radius 2 is 1.36 bits per heavy atom. The number of aromatic nitrogens is 3. The fourth-order valence-electron chi connectivity index (χ4n) is 6.29. The molecular formula is C40H23N3OS. The van der Waals surface area contributed by atoms with Crippen LogP contribution < -0.4 is 0 Å². The van der Waals surface area contributed by atoms with Crippen molar-refractivity contribution in [3.63, 3.8) is 0 Å². The van der Waals surface area contributed by atoms with Crippen molar-refractivity contribution in [1.29, 1.82) is 0 Å². The third-order valence-electron chi connectivity index (χ3n) is 8.28. The van der Waals surface area contributed by atoms with Crippen molar-refractivity contribution >= 4 is 75.4 Å². The molecule has 0 spiro atoms. The molecule has 4 heterocycles. The first kappa shape index (κ1) is 18.8. The highest BCUT2D eigenvalue weighted by Crippen LogP contribution is 2.41. The maximum atomic E-state index is 9.39. The summed E-state index contributed by atoms with van der Waals surface area (Å²) in [7, 11) is 0. The zero-order chi connectivity index (χ0) is 35.6. The first-order valence-corrected chi connectivity index (χ1v) is 15.3. The highest BCUT2D eigenvalue weighted by molar-refractivity contribution is 7.26. The van der Waals surface area contributed by atoms with Crippen molar-refractivity contribution in [1.82, 2.24) is 14.5 Å². The molecule has 0 fully saturated rings. The quantitative estimate of drug-likeness (QED) is 0.203. The highest BCUT2D eigenvalue weighted by atomic mass is 32.1. The summed E-state index contributed by atoms with van der Waals surface area (Å²) in [6.07, 6.45) is 0. The second kappa shape index (κ2) is 9.36. The highest BCUT2D eigenvalue weighted by Gasteiger charge is 2.19. The first-order chi connectivity index (χ1) is 25.2. The van der Waals surface area contributed by atoms with Crippen molar-refractivity contribution in [3.8, 4) is 28.3 Å². The topological polar surface area (TPSA) is 43.9 Å². The van der Waals surface area contributed by atoms with Crippen molar-refractivity contribution in [2.45, 2.75) is 0 Å². The van der Waals surface area contributed by atoms with Crippen LogP contribution in [0.25, 0.3) is 92.4 Å². The monoisotopic (exact) mass is 600 g/mol. The number of hydrogen-bond donors (Lipinski definition) is 0. The lowest BCUT2D eigenvalue weighted by molar-refractivity contribution is 0.669. The molecule has 4 aromatic heterocycles. The van der Waals surface area contributed by atoms with Gasteiger partial charge in [-0.2, -0.15) is 0 Å². The van der Waals surface area contributed by atoms with Crippen LogP contribution in [-0.2, 0) is 0 Å². The zero-order valence-corrected chi connectivity index (χ0v) is 24.2. The molecule has 45 heavy (non-hydrogen) atoms. The average Bonchev–Trinajstić information content (AvgIpc) is 3.86. The third kappa shape index (κ3) is 3.65. The number of para-hydroxylation sites is 3. The summed E-state index contributed by atoms with van der Waals surface area (Å²) in [5.41, 5.74) is 4.51. The fourth-order valence-corrected chi connectivity index (χ4v) is 7.43. The maximum absolute atomic E-state index is 9.39. The Labute approximate surface area is 271 Å². The molecule has 10 aromatic rings. The summed E-state index contributed by atoms with van der Waals surface area (Å²) in [5.74, 6) is 0.378. The van der Waals surface area contributed by atoms with Gasteiger partial charge in [0.25, 0.3) is 0 Å². The number of rotatable bonds is 3. The van der Waals surface area contributed by atoms with E-state index in [9.17, 15) is 2.74 Å². The molecule has 0 aliphatic rings. The van der Waals surface area contributed by atoms with E-state index in [1.54, 1.807) is 0 Å². The minimum absolute atomic E-state index is 0.00138. The molecule has 0 amide bonds. The van der Waals surface area contributed by atoms with Gasteiger partial charge in [-0.15, -0.1) is 11.3 Å². The molecule has 0 atom stereocenters. The molecule has 0 aliphatic heterocycles. The number of fused-ring (bicyclic) bond motifs is 9. The van der Waals surface area contributed by atoms with E-state index in [-0.39, 0.29) is 51.7 Å². The van der Waals surface area contributed by atoms with Crippen LogP contribution in [0.1, 0.15) is 9.60 Å². The Hall–Kier alpha value is -5.78. The standard InChI is InChI=1S/C40H23N3OS/c1-5-16-32-27(12-1)28-13-2-6-17-33(28)43(32)26-11-9-10-25(22-26)40-41-37(39-38(42-40)31-15-4-8-19-36(31)45-39)24-20-21-30-29-14-3-7-18-34(29)44-35(30)23-24/h1-23H/i3D,7D,14D,18D,20D,21D,23D. The van der Waals surface area contributed by atoms with Crippen LogP contribution >= 0.6 is 11.3 Å². The summed E-state index contributed by atoms with van der Waals surface area (Å²) in [6.45, 7) is 0. The Morgan fingerprint density at radius 1 is 0.622 bits per heavy atom. The van der Waals surface area contributed by atoms with E-state index in [2.05, 4.69) is 28.8 Å². The van der Waals surface area contributed by atoms with Gasteiger partial charge in [0, 0.05) is 48.4 Å². The van der Waals surface area contributed by atoms with Crippen LogP contribution in [0.3, 0.4) is 0 Å². The average molecular weight is 601 g/mol. The normalized spacial score (nSPS) is 14.2. The van der Waals surface area contributed by atoms with Crippen LogP contribution in [0, 0.1) is 0 Å². The van der Waals surface area contributed by atoms with Crippen LogP contribution in [0.4, 0.5) is 0 Å². The van der Waals surface area contributed by atoms with E-state index in [1.807, 2.05) is 72.8 Å². The smallest absolute Gasteiger partial charge is 0.160 e.